The normalized spacial score (nSPS) is 11.6. The minimum atomic E-state index is -0.128. The fourth-order valence-corrected chi connectivity index (χ4v) is 8.17. The van der Waals surface area contributed by atoms with Gasteiger partial charge in [0, 0.05) is 33.2 Å². The standard InChI is InChI=1S/C50H32N6O/c57-50-40-26-15-25-39(49-52-47(33-16-5-1-6-17-33)51-48(53-49)34-18-7-2-8-19-34)46(40)56-42(30-31-45(56)55(50)37-22-11-4-12-23-37)35-28-29-44-41(32-35)38-24-13-14-27-43(38)54(44)36-20-9-3-10-21-36/h1-32H. The smallest absolute Gasteiger partial charge is 0.266 e. The molecule has 7 aromatic carbocycles. The summed E-state index contributed by atoms with van der Waals surface area (Å²) in [5, 5.41) is 2.85. The summed E-state index contributed by atoms with van der Waals surface area (Å²) in [4.78, 5) is 30.0. The van der Waals surface area contributed by atoms with E-state index >= 15 is 0 Å². The molecule has 4 aromatic heterocycles. The molecule has 0 bridgehead atoms. The predicted molar refractivity (Wildman–Crippen MR) is 230 cm³/mol. The Kier molecular flexibility index (Phi) is 7.50. The van der Waals surface area contributed by atoms with Gasteiger partial charge in [0.2, 0.25) is 0 Å². The third-order valence-corrected chi connectivity index (χ3v) is 10.7. The molecule has 0 radical (unpaired) electrons. The highest BCUT2D eigenvalue weighted by Crippen LogP contribution is 2.38. The molecule has 11 rings (SSSR count). The molecule has 0 amide bonds. The van der Waals surface area contributed by atoms with Crippen LogP contribution in [-0.2, 0) is 0 Å². The minimum Gasteiger partial charge on any atom is -0.309 e. The van der Waals surface area contributed by atoms with Crippen molar-refractivity contribution in [2.75, 3.05) is 0 Å². The van der Waals surface area contributed by atoms with Crippen LogP contribution in [0.25, 0.3) is 95.2 Å². The first-order chi connectivity index (χ1) is 28.2. The maximum atomic E-state index is 14.8. The number of fused-ring (bicyclic) bond motifs is 6. The second-order valence-electron chi connectivity index (χ2n) is 14.0. The molecule has 0 aliphatic heterocycles. The van der Waals surface area contributed by atoms with Crippen LogP contribution >= 0.6 is 0 Å². The van der Waals surface area contributed by atoms with Crippen molar-refractivity contribution in [1.82, 2.24) is 28.5 Å². The quantitative estimate of drug-likeness (QED) is 0.171. The van der Waals surface area contributed by atoms with E-state index in [4.69, 9.17) is 15.0 Å². The lowest BCUT2D eigenvalue weighted by molar-refractivity contribution is 1.00. The average Bonchev–Trinajstić information content (AvgIpc) is 3.87. The molecular formula is C50H32N6O. The van der Waals surface area contributed by atoms with Crippen LogP contribution in [0.3, 0.4) is 0 Å². The van der Waals surface area contributed by atoms with Crippen molar-refractivity contribution < 1.29 is 0 Å². The van der Waals surface area contributed by atoms with E-state index in [1.54, 1.807) is 4.57 Å². The average molecular weight is 733 g/mol. The van der Waals surface area contributed by atoms with Gasteiger partial charge >= 0.3 is 0 Å². The molecule has 7 nitrogen and oxygen atoms in total. The monoisotopic (exact) mass is 732 g/mol. The number of aromatic nitrogens is 6. The third-order valence-electron chi connectivity index (χ3n) is 10.7. The first-order valence-electron chi connectivity index (χ1n) is 18.9. The van der Waals surface area contributed by atoms with E-state index in [1.165, 1.54) is 0 Å². The van der Waals surface area contributed by atoms with Crippen LogP contribution in [0.5, 0.6) is 0 Å². The summed E-state index contributed by atoms with van der Waals surface area (Å²) in [5.74, 6) is 1.59. The SMILES string of the molecule is O=c1c2cccc(-c3nc(-c4ccccc4)nc(-c4ccccc4)n3)c2n2c(-c3ccc4c(c3)c3ccccc3n4-c3ccccc3)ccc2n1-c1ccccc1. The second kappa shape index (κ2) is 13.1. The summed E-state index contributed by atoms with van der Waals surface area (Å²) >= 11 is 0. The van der Waals surface area contributed by atoms with Crippen LogP contribution in [-0.4, -0.2) is 28.5 Å². The van der Waals surface area contributed by atoms with Gasteiger partial charge in [0.25, 0.3) is 5.56 Å². The summed E-state index contributed by atoms with van der Waals surface area (Å²) < 4.78 is 6.32. The lowest BCUT2D eigenvalue weighted by atomic mass is 10.1. The van der Waals surface area contributed by atoms with Gasteiger partial charge in [-0.2, -0.15) is 0 Å². The Morgan fingerprint density at radius 2 is 0.930 bits per heavy atom. The molecule has 11 aromatic rings. The molecule has 0 aliphatic carbocycles. The van der Waals surface area contributed by atoms with Gasteiger partial charge in [-0.05, 0) is 72.3 Å². The Morgan fingerprint density at radius 3 is 1.60 bits per heavy atom. The van der Waals surface area contributed by atoms with Crippen molar-refractivity contribution in [1.29, 1.82) is 0 Å². The summed E-state index contributed by atoms with van der Waals surface area (Å²) in [7, 11) is 0. The molecule has 0 spiro atoms. The zero-order chi connectivity index (χ0) is 37.9. The van der Waals surface area contributed by atoms with Crippen molar-refractivity contribution in [3.63, 3.8) is 0 Å². The van der Waals surface area contributed by atoms with Crippen LogP contribution in [0, 0.1) is 0 Å². The Labute approximate surface area is 327 Å². The van der Waals surface area contributed by atoms with E-state index in [-0.39, 0.29) is 5.56 Å². The minimum absolute atomic E-state index is 0.128. The van der Waals surface area contributed by atoms with Gasteiger partial charge in [-0.25, -0.2) is 15.0 Å². The van der Waals surface area contributed by atoms with Crippen molar-refractivity contribution in [2.45, 2.75) is 0 Å². The van der Waals surface area contributed by atoms with Gasteiger partial charge in [-0.15, -0.1) is 0 Å². The highest BCUT2D eigenvalue weighted by Gasteiger charge is 2.22. The number of hydrogen-bond acceptors (Lipinski definition) is 4. The third kappa shape index (κ3) is 5.28. The summed E-state index contributed by atoms with van der Waals surface area (Å²) in [6.45, 7) is 0. The van der Waals surface area contributed by atoms with Crippen molar-refractivity contribution >= 4 is 38.4 Å². The number of para-hydroxylation sites is 4. The fraction of sp³-hybridized carbons (Fsp3) is 0. The maximum Gasteiger partial charge on any atom is 0.266 e. The van der Waals surface area contributed by atoms with Crippen LogP contribution in [0.15, 0.2) is 199 Å². The van der Waals surface area contributed by atoms with E-state index in [2.05, 4.69) is 81.8 Å². The number of nitrogens with zero attached hydrogens (tertiary/aromatic N) is 6. The van der Waals surface area contributed by atoms with Crippen LogP contribution in [0.2, 0.25) is 0 Å². The molecule has 0 unspecified atom stereocenters. The van der Waals surface area contributed by atoms with Crippen LogP contribution in [0.4, 0.5) is 0 Å². The largest absolute Gasteiger partial charge is 0.309 e. The van der Waals surface area contributed by atoms with E-state index in [0.717, 1.165) is 72.3 Å². The van der Waals surface area contributed by atoms with Crippen molar-refractivity contribution in [3.8, 4) is 56.8 Å². The van der Waals surface area contributed by atoms with E-state index in [9.17, 15) is 4.79 Å². The van der Waals surface area contributed by atoms with Gasteiger partial charge in [0.15, 0.2) is 17.5 Å². The van der Waals surface area contributed by atoms with Gasteiger partial charge in [0.1, 0.15) is 5.65 Å². The molecule has 0 aliphatic rings. The van der Waals surface area contributed by atoms with Gasteiger partial charge in [-0.1, -0.05) is 127 Å². The lowest BCUT2D eigenvalue weighted by Crippen LogP contribution is -2.21. The zero-order valence-corrected chi connectivity index (χ0v) is 30.6. The van der Waals surface area contributed by atoms with Crippen molar-refractivity contribution in [2.24, 2.45) is 0 Å². The molecule has 0 saturated heterocycles. The fourth-order valence-electron chi connectivity index (χ4n) is 8.17. The first kappa shape index (κ1) is 32.5. The van der Waals surface area contributed by atoms with Gasteiger partial charge in [-0.3, -0.25) is 13.8 Å². The Hall–Kier alpha value is -7.90. The topological polar surface area (TPSA) is 70.0 Å². The molecule has 268 valence electrons. The van der Waals surface area contributed by atoms with Gasteiger partial charge < -0.3 is 4.57 Å². The molecule has 57 heavy (non-hydrogen) atoms. The highest BCUT2D eigenvalue weighted by molar-refractivity contribution is 6.10. The first-order valence-corrected chi connectivity index (χ1v) is 18.9. The summed E-state index contributed by atoms with van der Waals surface area (Å²) in [6, 6.07) is 65.4. The number of benzene rings is 7. The molecule has 4 heterocycles. The Bertz CT molecular complexity index is 3290. The predicted octanol–water partition coefficient (Wildman–Crippen LogP) is 11.2. The second-order valence-corrected chi connectivity index (χ2v) is 14.0. The maximum absolute atomic E-state index is 14.8. The van der Waals surface area contributed by atoms with Crippen LogP contribution < -0.4 is 5.56 Å². The number of hydrogen-bond donors (Lipinski definition) is 0. The molecular weight excluding hydrogens is 701 g/mol. The van der Waals surface area contributed by atoms with E-state index < -0.39 is 0 Å². The van der Waals surface area contributed by atoms with E-state index in [1.807, 2.05) is 121 Å². The molecule has 0 fully saturated rings. The van der Waals surface area contributed by atoms with Crippen molar-refractivity contribution in [3.05, 3.63) is 204 Å². The zero-order valence-electron chi connectivity index (χ0n) is 30.6. The molecule has 7 heteroatoms. The summed E-state index contributed by atoms with van der Waals surface area (Å²) in [5.41, 5.74) is 9.89. The lowest BCUT2D eigenvalue weighted by Gasteiger charge is -2.17. The highest BCUT2D eigenvalue weighted by atomic mass is 16.1. The van der Waals surface area contributed by atoms with Gasteiger partial charge in [0.05, 0.1) is 33.3 Å². The Balaban J connectivity index is 1.23. The van der Waals surface area contributed by atoms with Crippen LogP contribution in [0.1, 0.15) is 0 Å². The van der Waals surface area contributed by atoms with E-state index in [0.29, 0.717) is 22.9 Å². The summed E-state index contributed by atoms with van der Waals surface area (Å²) in [6.07, 6.45) is 0. The molecule has 0 atom stereocenters. The molecule has 0 saturated carbocycles. The Morgan fingerprint density at radius 1 is 0.386 bits per heavy atom. The number of rotatable bonds is 6. The molecule has 0 N–H and O–H groups in total.